The van der Waals surface area contributed by atoms with E-state index >= 15 is 0 Å². The second kappa shape index (κ2) is 5.87. The van der Waals surface area contributed by atoms with Crippen LogP contribution in [-0.2, 0) is 14.3 Å². The number of carbonyl (C=O) groups excluding carboxylic acids is 2. The van der Waals surface area contributed by atoms with Gasteiger partial charge in [0.05, 0.1) is 23.7 Å². The van der Waals surface area contributed by atoms with E-state index in [1.54, 1.807) is 4.90 Å². The minimum Gasteiger partial charge on any atom is -0.469 e. The molecule has 2 heterocycles. The van der Waals surface area contributed by atoms with Gasteiger partial charge in [0.15, 0.2) is 0 Å². The van der Waals surface area contributed by atoms with Gasteiger partial charge < -0.3 is 19.3 Å². The maximum atomic E-state index is 12.2. The third-order valence-corrected chi connectivity index (χ3v) is 4.27. The molecule has 1 fully saturated rings. The van der Waals surface area contributed by atoms with Gasteiger partial charge in [0.25, 0.3) is 0 Å². The lowest BCUT2D eigenvalue weighted by atomic mass is 10.00. The molecule has 21 heavy (non-hydrogen) atoms. The standard InChI is InChI=1S/C14H21BrN2O4/c1-14(2,3)21-13(19)16-5-6-17-10(8-16)9(7-11(17)15)12(18)20-4/h7,9-10H,5-6,8H2,1-4H3. The fourth-order valence-electron chi connectivity index (χ4n) is 2.59. The molecule has 2 aliphatic rings. The average Bonchev–Trinajstić information content (AvgIpc) is 2.73. The molecule has 7 heteroatoms. The Morgan fingerprint density at radius 1 is 1.33 bits per heavy atom. The molecule has 2 unspecified atom stereocenters. The number of ether oxygens (including phenoxy) is 2. The first-order chi connectivity index (χ1) is 9.73. The molecule has 0 aromatic heterocycles. The molecule has 1 amide bonds. The van der Waals surface area contributed by atoms with E-state index in [-0.39, 0.29) is 24.0 Å². The van der Waals surface area contributed by atoms with Crippen molar-refractivity contribution in [3.63, 3.8) is 0 Å². The molecular formula is C14H21BrN2O4. The molecule has 0 saturated carbocycles. The molecule has 2 atom stereocenters. The predicted octanol–water partition coefficient (Wildman–Crippen LogP) is 1.95. The van der Waals surface area contributed by atoms with E-state index in [2.05, 4.69) is 20.8 Å². The molecule has 0 spiro atoms. The number of halogens is 1. The average molecular weight is 361 g/mol. The van der Waals surface area contributed by atoms with Crippen LogP contribution in [0.25, 0.3) is 0 Å². The molecule has 1 saturated heterocycles. The van der Waals surface area contributed by atoms with Crippen LogP contribution in [0.2, 0.25) is 0 Å². The third-order valence-electron chi connectivity index (χ3n) is 3.55. The highest BCUT2D eigenvalue weighted by Crippen LogP contribution is 2.34. The number of piperazine rings is 1. The minimum atomic E-state index is -0.523. The number of carbonyl (C=O) groups is 2. The number of fused-ring (bicyclic) bond motifs is 1. The third kappa shape index (κ3) is 3.51. The van der Waals surface area contributed by atoms with E-state index in [4.69, 9.17) is 9.47 Å². The van der Waals surface area contributed by atoms with E-state index < -0.39 is 5.60 Å². The Morgan fingerprint density at radius 3 is 2.57 bits per heavy atom. The number of rotatable bonds is 1. The molecule has 0 aromatic carbocycles. The fraction of sp³-hybridized carbons (Fsp3) is 0.714. The minimum absolute atomic E-state index is 0.104. The Morgan fingerprint density at radius 2 is 2.00 bits per heavy atom. The summed E-state index contributed by atoms with van der Waals surface area (Å²) in [6, 6.07) is -0.104. The van der Waals surface area contributed by atoms with Crippen molar-refractivity contribution in [3.05, 3.63) is 10.7 Å². The summed E-state index contributed by atoms with van der Waals surface area (Å²) in [7, 11) is 1.38. The molecule has 118 valence electrons. The number of nitrogens with zero attached hydrogens (tertiary/aromatic N) is 2. The zero-order chi connectivity index (χ0) is 15.8. The highest BCUT2D eigenvalue weighted by Gasteiger charge is 2.43. The number of hydrogen-bond donors (Lipinski definition) is 0. The predicted molar refractivity (Wildman–Crippen MR) is 80.8 cm³/mol. The van der Waals surface area contributed by atoms with Crippen LogP contribution in [0.15, 0.2) is 10.7 Å². The molecule has 0 radical (unpaired) electrons. The van der Waals surface area contributed by atoms with Crippen molar-refractivity contribution in [2.24, 2.45) is 5.92 Å². The Balaban J connectivity index is 2.07. The van der Waals surface area contributed by atoms with Crippen LogP contribution in [0.5, 0.6) is 0 Å². The van der Waals surface area contributed by atoms with Gasteiger partial charge in [0.1, 0.15) is 5.60 Å². The van der Waals surface area contributed by atoms with Crippen molar-refractivity contribution in [2.45, 2.75) is 32.4 Å². The molecule has 0 aromatic rings. The quantitative estimate of drug-likeness (QED) is 0.528. The molecule has 2 aliphatic heterocycles. The lowest BCUT2D eigenvalue weighted by Crippen LogP contribution is -2.55. The highest BCUT2D eigenvalue weighted by molar-refractivity contribution is 9.11. The maximum Gasteiger partial charge on any atom is 0.410 e. The van der Waals surface area contributed by atoms with Gasteiger partial charge in [-0.1, -0.05) is 0 Å². The van der Waals surface area contributed by atoms with Crippen molar-refractivity contribution in [1.82, 2.24) is 9.80 Å². The van der Waals surface area contributed by atoms with Crippen LogP contribution in [0, 0.1) is 5.92 Å². The lowest BCUT2D eigenvalue weighted by molar-refractivity contribution is -0.145. The Labute approximate surface area is 133 Å². The van der Waals surface area contributed by atoms with Crippen molar-refractivity contribution in [2.75, 3.05) is 26.7 Å². The first-order valence-electron chi connectivity index (χ1n) is 6.92. The van der Waals surface area contributed by atoms with Gasteiger partial charge in [-0.2, -0.15) is 0 Å². The van der Waals surface area contributed by atoms with Crippen molar-refractivity contribution in [3.8, 4) is 0 Å². The van der Waals surface area contributed by atoms with Gasteiger partial charge in [0.2, 0.25) is 0 Å². The molecule has 2 rings (SSSR count). The summed E-state index contributed by atoms with van der Waals surface area (Å²) in [5.41, 5.74) is -0.523. The summed E-state index contributed by atoms with van der Waals surface area (Å²) in [5, 5.41) is 0. The zero-order valence-electron chi connectivity index (χ0n) is 12.8. The van der Waals surface area contributed by atoms with Gasteiger partial charge in [-0.25, -0.2) is 4.79 Å². The molecule has 0 aliphatic carbocycles. The van der Waals surface area contributed by atoms with Crippen molar-refractivity contribution < 1.29 is 19.1 Å². The van der Waals surface area contributed by atoms with E-state index in [9.17, 15) is 9.59 Å². The summed E-state index contributed by atoms with van der Waals surface area (Å²) in [6.45, 7) is 7.20. The molecule has 6 nitrogen and oxygen atoms in total. The van der Waals surface area contributed by atoms with Crippen LogP contribution in [0.3, 0.4) is 0 Å². The van der Waals surface area contributed by atoms with Gasteiger partial charge >= 0.3 is 12.1 Å². The summed E-state index contributed by atoms with van der Waals surface area (Å²) < 4.78 is 11.1. The largest absolute Gasteiger partial charge is 0.469 e. The first kappa shape index (κ1) is 16.1. The number of hydrogen-bond acceptors (Lipinski definition) is 5. The lowest BCUT2D eigenvalue weighted by Gasteiger charge is -2.40. The van der Waals surface area contributed by atoms with Crippen LogP contribution in [-0.4, -0.2) is 60.2 Å². The van der Waals surface area contributed by atoms with E-state index in [1.807, 2.05) is 26.8 Å². The Bertz CT molecular complexity index is 472. The molecule has 0 bridgehead atoms. The number of methoxy groups -OCH3 is 1. The second-order valence-corrected chi connectivity index (χ2v) is 7.04. The molecule has 0 N–H and O–H groups in total. The van der Waals surface area contributed by atoms with E-state index in [0.29, 0.717) is 19.6 Å². The monoisotopic (exact) mass is 360 g/mol. The van der Waals surface area contributed by atoms with Gasteiger partial charge in [0, 0.05) is 19.6 Å². The van der Waals surface area contributed by atoms with Crippen LogP contribution < -0.4 is 0 Å². The summed E-state index contributed by atoms with van der Waals surface area (Å²) >= 11 is 3.47. The zero-order valence-corrected chi connectivity index (χ0v) is 14.3. The van der Waals surface area contributed by atoms with Crippen LogP contribution in [0.1, 0.15) is 20.8 Å². The number of amides is 1. The highest BCUT2D eigenvalue weighted by atomic mass is 79.9. The topological polar surface area (TPSA) is 59.1 Å². The van der Waals surface area contributed by atoms with Gasteiger partial charge in [-0.15, -0.1) is 0 Å². The second-order valence-electron chi connectivity index (χ2n) is 6.23. The Kier molecular flexibility index (Phi) is 4.51. The summed E-state index contributed by atoms with van der Waals surface area (Å²) in [6.07, 6.45) is 1.50. The van der Waals surface area contributed by atoms with Gasteiger partial charge in [-0.05, 0) is 42.8 Å². The van der Waals surface area contributed by atoms with Crippen molar-refractivity contribution in [1.29, 1.82) is 0 Å². The smallest absolute Gasteiger partial charge is 0.410 e. The van der Waals surface area contributed by atoms with E-state index in [1.165, 1.54) is 7.11 Å². The first-order valence-corrected chi connectivity index (χ1v) is 7.72. The fourth-order valence-corrected chi connectivity index (χ4v) is 3.32. The normalized spacial score (nSPS) is 25.3. The SMILES string of the molecule is COC(=O)C1C=C(Br)N2CCN(C(=O)OC(C)(C)C)CC12. The summed E-state index contributed by atoms with van der Waals surface area (Å²) in [4.78, 5) is 27.8. The molecular weight excluding hydrogens is 340 g/mol. The van der Waals surface area contributed by atoms with Gasteiger partial charge in [-0.3, -0.25) is 4.79 Å². The Hall–Kier alpha value is -1.24. The van der Waals surface area contributed by atoms with Crippen molar-refractivity contribution >= 4 is 28.0 Å². The maximum absolute atomic E-state index is 12.2. The summed E-state index contributed by atoms with van der Waals surface area (Å²) in [5.74, 6) is -0.653. The van der Waals surface area contributed by atoms with Crippen LogP contribution >= 0.6 is 15.9 Å². The van der Waals surface area contributed by atoms with Crippen LogP contribution in [0.4, 0.5) is 4.79 Å². The van der Waals surface area contributed by atoms with E-state index in [0.717, 1.165) is 4.61 Å². The number of esters is 1.